The largest absolute Gasteiger partial charge is 0.391 e. The molecule has 102 valence electrons. The van der Waals surface area contributed by atoms with Crippen molar-refractivity contribution in [3.05, 3.63) is 38.8 Å². The maximum absolute atomic E-state index is 12.4. The minimum atomic E-state index is -3.72. The van der Waals surface area contributed by atoms with Gasteiger partial charge in [0.2, 0.25) is 0 Å². The first-order valence-corrected chi connectivity index (χ1v) is 8.41. The Balaban J connectivity index is 2.44. The predicted molar refractivity (Wildman–Crippen MR) is 77.7 cm³/mol. The lowest BCUT2D eigenvalue weighted by Crippen LogP contribution is -2.15. The molecular weight excluding hydrogens is 352 g/mol. The average Bonchev–Trinajstić information content (AvgIpc) is 2.74. The van der Waals surface area contributed by atoms with Crippen LogP contribution in [-0.2, 0) is 16.6 Å². The Labute approximate surface area is 123 Å². The van der Waals surface area contributed by atoms with E-state index in [4.69, 9.17) is 0 Å². The lowest BCUT2D eigenvalue weighted by Gasteiger charge is -2.10. The van der Waals surface area contributed by atoms with Crippen LogP contribution in [0.1, 0.15) is 10.4 Å². The van der Waals surface area contributed by atoms with Crippen molar-refractivity contribution in [2.24, 2.45) is 0 Å². The second kappa shape index (κ2) is 5.58. The number of nitrogens with zero attached hydrogens (tertiary/aromatic N) is 1. The molecule has 0 bridgehead atoms. The van der Waals surface area contributed by atoms with Crippen LogP contribution in [0.5, 0.6) is 0 Å². The lowest BCUT2D eigenvalue weighted by molar-refractivity contribution is 0.282. The van der Waals surface area contributed by atoms with E-state index in [0.717, 1.165) is 0 Å². The molecule has 0 saturated carbocycles. The molecule has 19 heavy (non-hydrogen) atoms. The van der Waals surface area contributed by atoms with Gasteiger partial charge in [-0.25, -0.2) is 8.42 Å². The van der Waals surface area contributed by atoms with E-state index in [1.54, 1.807) is 18.4 Å². The third-order valence-corrected chi connectivity index (χ3v) is 5.86. The van der Waals surface area contributed by atoms with Crippen molar-refractivity contribution in [3.63, 3.8) is 0 Å². The molecule has 0 atom stereocenters. The molecule has 8 heteroatoms. The molecule has 0 amide bonds. The molecule has 0 spiro atoms. The number of nitrogens with one attached hydrogen (secondary N) is 1. The van der Waals surface area contributed by atoms with Gasteiger partial charge < -0.3 is 5.11 Å². The molecule has 5 nitrogen and oxygen atoms in total. The maximum Gasteiger partial charge on any atom is 0.263 e. The molecule has 0 saturated heterocycles. The molecule has 2 heterocycles. The summed E-state index contributed by atoms with van der Waals surface area (Å²) in [6.07, 6.45) is 3.00. The summed E-state index contributed by atoms with van der Waals surface area (Å²) < 4.78 is 27.8. The van der Waals surface area contributed by atoms with Gasteiger partial charge in [0.25, 0.3) is 10.0 Å². The average molecular weight is 363 g/mol. The highest BCUT2D eigenvalue weighted by Gasteiger charge is 2.23. The summed E-state index contributed by atoms with van der Waals surface area (Å²) in [4.78, 5) is 4.44. The van der Waals surface area contributed by atoms with Gasteiger partial charge in [-0.2, -0.15) is 0 Å². The second-order valence-corrected chi connectivity index (χ2v) is 7.23. The molecule has 2 aromatic rings. The maximum atomic E-state index is 12.4. The number of rotatable bonds is 4. The Bertz CT molecular complexity index is 698. The number of hydrogen-bond acceptors (Lipinski definition) is 5. The van der Waals surface area contributed by atoms with Crippen molar-refractivity contribution in [2.75, 3.05) is 4.72 Å². The zero-order valence-electron chi connectivity index (χ0n) is 9.92. The normalized spacial score (nSPS) is 11.5. The fraction of sp³-hybridized carbons (Fsp3) is 0.182. The minimum Gasteiger partial charge on any atom is -0.391 e. The Kier molecular flexibility index (Phi) is 4.24. The quantitative estimate of drug-likeness (QED) is 0.875. The van der Waals surface area contributed by atoms with Gasteiger partial charge in [-0.1, -0.05) is 0 Å². The Morgan fingerprint density at radius 2 is 2.26 bits per heavy atom. The fourth-order valence-corrected chi connectivity index (χ4v) is 4.84. The number of anilines is 1. The van der Waals surface area contributed by atoms with Gasteiger partial charge in [-0.3, -0.25) is 9.71 Å². The summed E-state index contributed by atoms with van der Waals surface area (Å²) in [5, 5.41) is 10.9. The molecule has 2 N–H and O–H groups in total. The third kappa shape index (κ3) is 2.97. The Morgan fingerprint density at radius 1 is 1.53 bits per heavy atom. The van der Waals surface area contributed by atoms with Crippen LogP contribution in [0, 0.1) is 6.92 Å². The van der Waals surface area contributed by atoms with E-state index in [9.17, 15) is 13.5 Å². The van der Waals surface area contributed by atoms with E-state index >= 15 is 0 Å². The first kappa shape index (κ1) is 14.4. The molecule has 0 aliphatic rings. The van der Waals surface area contributed by atoms with Crippen molar-refractivity contribution in [1.82, 2.24) is 4.98 Å². The van der Waals surface area contributed by atoms with Crippen LogP contribution >= 0.6 is 27.3 Å². The van der Waals surface area contributed by atoms with Crippen molar-refractivity contribution in [2.45, 2.75) is 18.4 Å². The van der Waals surface area contributed by atoms with Gasteiger partial charge in [0.1, 0.15) is 4.90 Å². The third-order valence-electron chi connectivity index (χ3n) is 2.42. The summed E-state index contributed by atoms with van der Waals surface area (Å²) in [5.74, 6) is 0. The molecule has 0 aliphatic carbocycles. The standard InChI is InChI=1S/C11H11BrN2O3S2/c1-7-6-18-10(5-15)11(7)19(16,17)14-9-2-3-13-4-8(9)12/h2-4,6,15H,5H2,1H3,(H,13,14). The van der Waals surface area contributed by atoms with E-state index in [1.807, 2.05) is 0 Å². The van der Waals surface area contributed by atoms with Gasteiger partial charge >= 0.3 is 0 Å². The molecule has 0 aromatic carbocycles. The van der Waals surface area contributed by atoms with Crippen LogP contribution in [0.15, 0.2) is 33.2 Å². The first-order valence-electron chi connectivity index (χ1n) is 5.26. The highest BCUT2D eigenvalue weighted by molar-refractivity contribution is 9.10. The van der Waals surface area contributed by atoms with E-state index < -0.39 is 10.0 Å². The number of hydrogen-bond donors (Lipinski definition) is 2. The summed E-state index contributed by atoms with van der Waals surface area (Å²) in [7, 11) is -3.72. The van der Waals surface area contributed by atoms with Gasteiger partial charge in [0.05, 0.1) is 21.6 Å². The first-order chi connectivity index (χ1) is 8.95. The zero-order chi connectivity index (χ0) is 14.0. The Hall–Kier alpha value is -0.960. The molecule has 2 aromatic heterocycles. The number of pyridine rings is 1. The number of aromatic nitrogens is 1. The smallest absolute Gasteiger partial charge is 0.263 e. The predicted octanol–water partition coefficient (Wildman–Crippen LogP) is 2.51. The topological polar surface area (TPSA) is 79.3 Å². The minimum absolute atomic E-state index is 0.142. The summed E-state index contributed by atoms with van der Waals surface area (Å²) in [6, 6.07) is 1.56. The van der Waals surface area contributed by atoms with Crippen LogP contribution in [-0.4, -0.2) is 18.5 Å². The molecule has 2 rings (SSSR count). The number of sulfonamides is 1. The van der Waals surface area contributed by atoms with Crippen molar-refractivity contribution in [3.8, 4) is 0 Å². The van der Waals surface area contributed by atoms with Crippen LogP contribution in [0.2, 0.25) is 0 Å². The van der Waals surface area contributed by atoms with Crippen LogP contribution in [0.25, 0.3) is 0 Å². The highest BCUT2D eigenvalue weighted by atomic mass is 79.9. The number of aliphatic hydroxyl groups excluding tert-OH is 1. The zero-order valence-corrected chi connectivity index (χ0v) is 13.1. The van der Waals surface area contributed by atoms with E-state index in [1.165, 1.54) is 23.7 Å². The number of aryl methyl sites for hydroxylation is 1. The van der Waals surface area contributed by atoms with Crippen LogP contribution in [0.3, 0.4) is 0 Å². The Morgan fingerprint density at radius 3 is 2.89 bits per heavy atom. The lowest BCUT2D eigenvalue weighted by atomic mass is 10.3. The summed E-state index contributed by atoms with van der Waals surface area (Å²) in [5.41, 5.74) is 1.02. The van der Waals surface area contributed by atoms with E-state index in [2.05, 4.69) is 25.6 Å². The van der Waals surface area contributed by atoms with Crippen molar-refractivity contribution >= 4 is 43.0 Å². The monoisotopic (exact) mass is 362 g/mol. The second-order valence-electron chi connectivity index (χ2n) is 3.79. The number of halogens is 1. The summed E-state index contributed by atoms with van der Waals surface area (Å²) >= 11 is 4.45. The van der Waals surface area contributed by atoms with Crippen molar-refractivity contribution < 1.29 is 13.5 Å². The SMILES string of the molecule is Cc1csc(CO)c1S(=O)(=O)Nc1ccncc1Br. The van der Waals surface area contributed by atoms with E-state index in [0.29, 0.717) is 20.6 Å². The number of thiophene rings is 1. The van der Waals surface area contributed by atoms with Gasteiger partial charge in [0.15, 0.2) is 0 Å². The van der Waals surface area contributed by atoms with Gasteiger partial charge in [-0.05, 0) is 39.9 Å². The summed E-state index contributed by atoms with van der Waals surface area (Å²) in [6.45, 7) is 1.40. The van der Waals surface area contributed by atoms with Gasteiger partial charge in [-0.15, -0.1) is 11.3 Å². The van der Waals surface area contributed by atoms with Crippen LogP contribution in [0.4, 0.5) is 5.69 Å². The highest BCUT2D eigenvalue weighted by Crippen LogP contribution is 2.30. The molecule has 0 radical (unpaired) electrons. The molecule has 0 aliphatic heterocycles. The van der Waals surface area contributed by atoms with E-state index in [-0.39, 0.29) is 11.5 Å². The fourth-order valence-electron chi connectivity index (χ4n) is 1.61. The number of aliphatic hydroxyl groups is 1. The van der Waals surface area contributed by atoms with Crippen LogP contribution < -0.4 is 4.72 Å². The molecular formula is C11H11BrN2O3S2. The molecule has 0 unspecified atom stereocenters. The van der Waals surface area contributed by atoms with Gasteiger partial charge in [0, 0.05) is 12.4 Å². The van der Waals surface area contributed by atoms with Crippen molar-refractivity contribution in [1.29, 1.82) is 0 Å². The molecule has 0 fully saturated rings.